The fraction of sp³-hybridized carbons (Fsp3) is 0.211. The summed E-state index contributed by atoms with van der Waals surface area (Å²) in [6, 6.07) is 18.1. The van der Waals surface area contributed by atoms with Gasteiger partial charge in [0, 0.05) is 9.52 Å². The van der Waals surface area contributed by atoms with Crippen LogP contribution in [0, 0.1) is 5.41 Å². The number of hydrogen-bond donors (Lipinski definition) is 1. The van der Waals surface area contributed by atoms with Gasteiger partial charge in [-0.3, -0.25) is 4.79 Å². The smallest absolute Gasteiger partial charge is 0.481 e. The summed E-state index contributed by atoms with van der Waals surface area (Å²) in [7, 11) is 0.502. The Bertz CT molecular complexity index is 624. The van der Waals surface area contributed by atoms with Gasteiger partial charge in [-0.1, -0.05) is 23.8 Å². The monoisotopic (exact) mass is 364 g/mol. The van der Waals surface area contributed by atoms with Crippen molar-refractivity contribution < 1.29 is 27.0 Å². The summed E-state index contributed by atoms with van der Waals surface area (Å²) in [5, 5.41) is 10.7. The van der Waals surface area contributed by atoms with E-state index < -0.39 is 11.4 Å². The van der Waals surface area contributed by atoms with Gasteiger partial charge in [-0.25, -0.2) is 24.3 Å². The predicted molar refractivity (Wildman–Crippen MR) is 91.8 cm³/mol. The molecule has 0 fully saturated rings. The first kappa shape index (κ1) is 19.4. The number of carboxylic acids is 1. The third-order valence-electron chi connectivity index (χ3n) is 3.85. The summed E-state index contributed by atoms with van der Waals surface area (Å²) in [5.74, 6) is -0.745. The largest absolute Gasteiger partial charge is 2.00 e. The molecule has 1 aliphatic rings. The molecule has 2 atom stereocenters. The second kappa shape index (κ2) is 8.87. The van der Waals surface area contributed by atoms with E-state index in [1.807, 2.05) is 74.5 Å². The molecule has 4 heteroatoms. The fourth-order valence-corrected chi connectivity index (χ4v) is 4.04. The van der Waals surface area contributed by atoms with Gasteiger partial charge < -0.3 is 5.11 Å². The summed E-state index contributed by atoms with van der Waals surface area (Å²) in [4.78, 5) is 11.5. The maximum Gasteiger partial charge on any atom is 2.00 e. The van der Waals surface area contributed by atoms with Crippen molar-refractivity contribution in [3.05, 3.63) is 78.4 Å². The van der Waals surface area contributed by atoms with Crippen molar-refractivity contribution in [2.75, 3.05) is 0 Å². The molecule has 120 valence electrons. The molecule has 2 aromatic carbocycles. The Labute approximate surface area is 150 Å². The van der Waals surface area contributed by atoms with Gasteiger partial charge in [0.05, 0.1) is 5.41 Å². The summed E-state index contributed by atoms with van der Waals surface area (Å²) in [6.45, 7) is 3.83. The average molecular weight is 364 g/mol. The SMILES string of the molecule is CC1=CC=CC(C)(C(=O)O)C1[Si][c-]1cccc1.[Fe+2].c1cc[cH-]c1. The number of carboxylic acid groups (broad SMARTS) is 1. The van der Waals surface area contributed by atoms with Gasteiger partial charge in [0.2, 0.25) is 0 Å². The summed E-state index contributed by atoms with van der Waals surface area (Å²) < 4.78 is 0. The van der Waals surface area contributed by atoms with Crippen molar-refractivity contribution in [1.82, 2.24) is 0 Å². The van der Waals surface area contributed by atoms with Gasteiger partial charge in [-0.15, -0.1) is 0 Å². The summed E-state index contributed by atoms with van der Waals surface area (Å²) in [5.41, 5.74) is 0.429. The van der Waals surface area contributed by atoms with Crippen LogP contribution in [0.15, 0.2) is 78.4 Å². The molecule has 0 heterocycles. The Morgan fingerprint density at radius 1 is 1.26 bits per heavy atom. The molecule has 0 aliphatic heterocycles. The van der Waals surface area contributed by atoms with Crippen molar-refractivity contribution in [1.29, 1.82) is 0 Å². The topological polar surface area (TPSA) is 37.3 Å². The van der Waals surface area contributed by atoms with Crippen LogP contribution in [0.5, 0.6) is 0 Å². The number of rotatable bonds is 3. The van der Waals surface area contributed by atoms with Crippen LogP contribution in [-0.4, -0.2) is 20.6 Å². The van der Waals surface area contributed by atoms with Gasteiger partial charge in [0.15, 0.2) is 0 Å². The molecular weight excluding hydrogens is 344 g/mol. The van der Waals surface area contributed by atoms with Gasteiger partial charge in [-0.2, -0.15) is 35.5 Å². The molecule has 0 aromatic heterocycles. The van der Waals surface area contributed by atoms with Gasteiger partial charge in [0.1, 0.15) is 0 Å². The second-order valence-electron chi connectivity index (χ2n) is 5.57. The third-order valence-corrected chi connectivity index (χ3v) is 5.86. The van der Waals surface area contributed by atoms with Crippen LogP contribution < -0.4 is 5.19 Å². The first-order valence-corrected chi connectivity index (χ1v) is 8.36. The molecule has 2 aromatic rings. The standard InChI is InChI=1S/C14H15O2Si.C5H5.Fe/c1-10-6-5-9-14(2,13(15)16)12(10)17-11-7-3-4-8-11;1-2-4-5-3-1;/h3-9,12H,1-2H3,(H,15,16);1-5H;/q2*-1;+2. The zero-order chi connectivity index (χ0) is 16.0. The van der Waals surface area contributed by atoms with Crippen LogP contribution in [0.25, 0.3) is 0 Å². The molecule has 0 bridgehead atoms. The minimum atomic E-state index is -0.783. The zero-order valence-corrected chi connectivity index (χ0v) is 15.3. The minimum Gasteiger partial charge on any atom is -0.481 e. The molecule has 0 saturated heterocycles. The molecule has 1 aliphatic carbocycles. The van der Waals surface area contributed by atoms with E-state index >= 15 is 0 Å². The molecule has 2 nitrogen and oxygen atoms in total. The first-order chi connectivity index (χ1) is 10.5. The third kappa shape index (κ3) is 4.93. The number of allylic oxidation sites excluding steroid dienone is 3. The molecule has 0 saturated carbocycles. The Hall–Kier alpha value is -1.61. The van der Waals surface area contributed by atoms with Gasteiger partial charge in [0.25, 0.3) is 0 Å². The predicted octanol–water partition coefficient (Wildman–Crippen LogP) is 3.53. The Kier molecular flexibility index (Phi) is 7.50. The van der Waals surface area contributed by atoms with E-state index in [1.54, 1.807) is 0 Å². The van der Waals surface area contributed by atoms with Crippen molar-refractivity contribution in [2.24, 2.45) is 5.41 Å². The molecule has 0 spiro atoms. The van der Waals surface area contributed by atoms with Gasteiger partial charge in [-0.05, 0) is 19.4 Å². The molecular formula is C19H20FeO2Si. The molecule has 2 radical (unpaired) electrons. The van der Waals surface area contributed by atoms with Crippen LogP contribution in [0.2, 0.25) is 5.54 Å². The second-order valence-corrected chi connectivity index (χ2v) is 7.01. The average Bonchev–Trinajstić information content (AvgIpc) is 3.18. The number of carbonyl (C=O) groups is 1. The number of aliphatic carboxylic acids is 1. The number of hydrogen-bond acceptors (Lipinski definition) is 1. The Balaban J connectivity index is 0.000000377. The van der Waals surface area contributed by atoms with Crippen LogP contribution >= 0.6 is 0 Å². The van der Waals surface area contributed by atoms with Crippen LogP contribution in [-0.2, 0) is 21.9 Å². The minimum absolute atomic E-state index is 0. The van der Waals surface area contributed by atoms with Crippen molar-refractivity contribution >= 4 is 20.7 Å². The van der Waals surface area contributed by atoms with Crippen LogP contribution in [0.1, 0.15) is 13.8 Å². The van der Waals surface area contributed by atoms with Crippen molar-refractivity contribution in [3.8, 4) is 0 Å². The molecule has 2 unspecified atom stereocenters. The van der Waals surface area contributed by atoms with E-state index in [9.17, 15) is 9.90 Å². The van der Waals surface area contributed by atoms with Gasteiger partial charge >= 0.3 is 23.0 Å². The maximum absolute atomic E-state index is 11.5. The Morgan fingerprint density at radius 3 is 2.35 bits per heavy atom. The summed E-state index contributed by atoms with van der Waals surface area (Å²) >= 11 is 0. The van der Waals surface area contributed by atoms with E-state index in [0.29, 0.717) is 9.52 Å². The zero-order valence-electron chi connectivity index (χ0n) is 13.2. The quantitative estimate of drug-likeness (QED) is 0.668. The van der Waals surface area contributed by atoms with E-state index in [2.05, 4.69) is 12.1 Å². The van der Waals surface area contributed by atoms with E-state index in [-0.39, 0.29) is 22.6 Å². The van der Waals surface area contributed by atoms with Crippen LogP contribution in [0.4, 0.5) is 0 Å². The van der Waals surface area contributed by atoms with Crippen molar-refractivity contribution in [3.63, 3.8) is 0 Å². The molecule has 3 rings (SSSR count). The maximum atomic E-state index is 11.5. The van der Waals surface area contributed by atoms with E-state index in [1.165, 1.54) is 5.19 Å². The summed E-state index contributed by atoms with van der Waals surface area (Å²) in [6.07, 6.45) is 5.68. The normalized spacial score (nSPS) is 22.3. The molecule has 1 N–H and O–H groups in total. The fourth-order valence-electron chi connectivity index (χ4n) is 2.48. The first-order valence-electron chi connectivity index (χ1n) is 7.28. The van der Waals surface area contributed by atoms with E-state index in [0.717, 1.165) is 5.57 Å². The van der Waals surface area contributed by atoms with Crippen molar-refractivity contribution in [2.45, 2.75) is 19.4 Å². The van der Waals surface area contributed by atoms with Crippen LogP contribution in [0.3, 0.4) is 0 Å². The molecule has 23 heavy (non-hydrogen) atoms. The van der Waals surface area contributed by atoms with E-state index in [4.69, 9.17) is 0 Å². The Morgan fingerprint density at radius 2 is 1.87 bits per heavy atom. The molecule has 0 amide bonds.